The molecule has 1 aromatic rings. The number of aliphatic hydroxyl groups excluding tert-OH is 1. The van der Waals surface area contributed by atoms with E-state index in [9.17, 15) is 14.4 Å². The van der Waals surface area contributed by atoms with Crippen molar-refractivity contribution in [3.63, 3.8) is 0 Å². The zero-order valence-electron chi connectivity index (χ0n) is 21.8. The molecule has 1 unspecified atom stereocenters. The lowest BCUT2D eigenvalue weighted by atomic mass is 9.77. The third kappa shape index (κ3) is 4.56. The van der Waals surface area contributed by atoms with E-state index in [0.29, 0.717) is 49.7 Å². The lowest BCUT2D eigenvalue weighted by Crippen LogP contribution is -2.55. The van der Waals surface area contributed by atoms with Crippen LogP contribution >= 0.6 is 11.6 Å². The molecule has 9 heteroatoms. The third-order valence-electron chi connectivity index (χ3n) is 8.18. The zero-order chi connectivity index (χ0) is 26.9. The van der Waals surface area contributed by atoms with Crippen LogP contribution in [0, 0.1) is 11.8 Å². The lowest BCUT2D eigenvalue weighted by Gasteiger charge is -2.35. The van der Waals surface area contributed by atoms with E-state index >= 15 is 0 Å². The minimum atomic E-state index is -1.22. The number of nitrogens with zero attached hydrogens (tertiary/aromatic N) is 3. The Balaban J connectivity index is 1.53. The molecule has 3 amide bonds. The van der Waals surface area contributed by atoms with E-state index in [0.717, 1.165) is 19.3 Å². The molecule has 38 heavy (non-hydrogen) atoms. The lowest BCUT2D eigenvalue weighted by molar-refractivity contribution is -0.144. The van der Waals surface area contributed by atoms with Crippen molar-refractivity contribution >= 4 is 35.0 Å². The van der Waals surface area contributed by atoms with Crippen LogP contribution in [0.1, 0.15) is 39.0 Å². The van der Waals surface area contributed by atoms with Crippen molar-refractivity contribution in [2.75, 3.05) is 37.7 Å². The summed E-state index contributed by atoms with van der Waals surface area (Å²) in [5, 5.41) is 9.70. The summed E-state index contributed by atoms with van der Waals surface area (Å²) < 4.78 is 6.67. The summed E-state index contributed by atoms with van der Waals surface area (Å²) in [6, 6.07) is 6.21. The quantitative estimate of drug-likeness (QED) is 0.383. The van der Waals surface area contributed by atoms with Gasteiger partial charge >= 0.3 is 0 Å². The van der Waals surface area contributed by atoms with Crippen LogP contribution in [0.2, 0.25) is 5.02 Å². The van der Waals surface area contributed by atoms with E-state index in [2.05, 4.69) is 0 Å². The molecule has 1 aromatic carbocycles. The molecule has 1 N–H and O–H groups in total. The summed E-state index contributed by atoms with van der Waals surface area (Å²) >= 11 is 6.10. The summed E-state index contributed by atoms with van der Waals surface area (Å²) in [6.07, 6.45) is 10.9. The molecule has 0 radical (unpaired) electrons. The summed E-state index contributed by atoms with van der Waals surface area (Å²) in [4.78, 5) is 47.4. The number of fused-ring (bicyclic) bond motifs is 2. The molecule has 4 aliphatic heterocycles. The van der Waals surface area contributed by atoms with Crippen molar-refractivity contribution < 1.29 is 24.2 Å². The third-order valence-corrected chi connectivity index (χ3v) is 8.43. The number of benzene rings is 1. The van der Waals surface area contributed by atoms with Crippen LogP contribution in [-0.2, 0) is 19.1 Å². The molecule has 0 saturated carbocycles. The van der Waals surface area contributed by atoms with Gasteiger partial charge in [0.15, 0.2) is 0 Å². The average molecular weight is 542 g/mol. The first-order chi connectivity index (χ1) is 18.4. The number of likely N-dealkylation sites (tertiary alicyclic amines) is 1. The standard InChI is InChI=1S/C29H36ClN3O5/c1-2-15-31-16-7-9-22-23(26(31)35)24-27(36)33(17-5-3-4-6-19-34)25-28(37)32(18-8-14-29(24,25)38-22)21-12-10-20(30)11-13-21/h7-14,22-25,34H,2-6,15-19H2,1H3/t22-,23+,24+,25?,29+/m1/s1. The highest BCUT2D eigenvalue weighted by Gasteiger charge is 2.71. The van der Waals surface area contributed by atoms with Crippen LogP contribution in [0.4, 0.5) is 5.69 Å². The second-order valence-corrected chi connectivity index (χ2v) is 11.0. The van der Waals surface area contributed by atoms with Crippen LogP contribution in [0.5, 0.6) is 0 Å². The fraction of sp³-hybridized carbons (Fsp3) is 0.552. The fourth-order valence-corrected chi connectivity index (χ4v) is 6.63. The summed E-state index contributed by atoms with van der Waals surface area (Å²) in [5.41, 5.74) is -0.525. The number of aliphatic hydroxyl groups is 1. The number of unbranched alkanes of at least 4 members (excludes halogenated alkanes) is 3. The molecule has 8 nitrogen and oxygen atoms in total. The average Bonchev–Trinajstić information content (AvgIpc) is 3.22. The maximum Gasteiger partial charge on any atom is 0.253 e. The van der Waals surface area contributed by atoms with Gasteiger partial charge in [-0.15, -0.1) is 0 Å². The van der Waals surface area contributed by atoms with Gasteiger partial charge in [0.1, 0.15) is 11.6 Å². The Kier molecular flexibility index (Phi) is 7.93. The first-order valence-corrected chi connectivity index (χ1v) is 14.1. The Morgan fingerprint density at radius 1 is 0.974 bits per heavy atom. The number of hydrogen-bond acceptors (Lipinski definition) is 5. The minimum Gasteiger partial charge on any atom is -0.396 e. The molecule has 2 saturated heterocycles. The number of carbonyl (C=O) groups is 3. The van der Waals surface area contributed by atoms with Crippen molar-refractivity contribution in [2.24, 2.45) is 11.8 Å². The molecule has 0 bridgehead atoms. The maximum absolute atomic E-state index is 14.3. The number of halogens is 1. The number of rotatable bonds is 9. The van der Waals surface area contributed by atoms with Gasteiger partial charge in [-0.2, -0.15) is 0 Å². The maximum atomic E-state index is 14.3. The topological polar surface area (TPSA) is 90.4 Å². The van der Waals surface area contributed by atoms with Gasteiger partial charge < -0.3 is 24.5 Å². The van der Waals surface area contributed by atoms with Crippen LogP contribution in [0.15, 0.2) is 48.6 Å². The second kappa shape index (κ2) is 11.2. The van der Waals surface area contributed by atoms with Gasteiger partial charge in [-0.1, -0.05) is 55.7 Å². The zero-order valence-corrected chi connectivity index (χ0v) is 22.6. The van der Waals surface area contributed by atoms with Crippen molar-refractivity contribution in [3.05, 3.63) is 53.6 Å². The molecule has 4 aliphatic rings. The SMILES string of the molecule is CCCN1CC=C[C@H]2O[C@]34C=CCN(c5ccc(Cl)cc5)C(=O)C3N(CCCCCCO)C(=O)[C@@H]4[C@H]2C1=O. The van der Waals surface area contributed by atoms with Gasteiger partial charge in [0.25, 0.3) is 5.91 Å². The second-order valence-electron chi connectivity index (χ2n) is 10.6. The molecule has 2 fully saturated rings. The number of anilines is 1. The van der Waals surface area contributed by atoms with Crippen molar-refractivity contribution in [1.82, 2.24) is 9.80 Å². The van der Waals surface area contributed by atoms with E-state index < -0.39 is 29.6 Å². The van der Waals surface area contributed by atoms with Gasteiger partial charge in [0.05, 0.1) is 17.9 Å². The molecule has 204 valence electrons. The molecule has 5 atom stereocenters. The molecule has 5 rings (SSSR count). The Morgan fingerprint density at radius 2 is 1.74 bits per heavy atom. The first-order valence-electron chi connectivity index (χ1n) is 13.7. The number of carbonyl (C=O) groups excluding carboxylic acids is 3. The Hall–Kier alpha value is -2.68. The van der Waals surface area contributed by atoms with E-state index in [1.807, 2.05) is 31.2 Å². The van der Waals surface area contributed by atoms with E-state index in [-0.39, 0.29) is 24.3 Å². The smallest absolute Gasteiger partial charge is 0.253 e. The molecule has 0 aliphatic carbocycles. The van der Waals surface area contributed by atoms with Gasteiger partial charge in [0.2, 0.25) is 11.8 Å². The predicted octanol–water partition coefficient (Wildman–Crippen LogP) is 3.18. The van der Waals surface area contributed by atoms with Gasteiger partial charge in [0, 0.05) is 43.5 Å². The minimum absolute atomic E-state index is 0.0831. The predicted molar refractivity (Wildman–Crippen MR) is 145 cm³/mol. The first kappa shape index (κ1) is 26.9. The van der Waals surface area contributed by atoms with Crippen molar-refractivity contribution in [1.29, 1.82) is 0 Å². The molecular weight excluding hydrogens is 506 g/mol. The Labute approximate surface area is 228 Å². The number of amides is 3. The van der Waals surface area contributed by atoms with Crippen molar-refractivity contribution in [3.8, 4) is 0 Å². The Bertz CT molecular complexity index is 1120. The molecule has 1 spiro atoms. The normalized spacial score (nSPS) is 30.4. The summed E-state index contributed by atoms with van der Waals surface area (Å²) in [6.45, 7) is 3.99. The summed E-state index contributed by atoms with van der Waals surface area (Å²) in [5.74, 6) is -1.94. The van der Waals surface area contributed by atoms with E-state index in [1.54, 1.807) is 39.0 Å². The number of ether oxygens (including phenoxy) is 1. The van der Waals surface area contributed by atoms with Gasteiger partial charge in [-0.05, 0) is 43.5 Å². The molecule has 0 aromatic heterocycles. The monoisotopic (exact) mass is 541 g/mol. The highest BCUT2D eigenvalue weighted by molar-refractivity contribution is 6.30. The molecular formula is C29H36ClN3O5. The van der Waals surface area contributed by atoms with Gasteiger partial charge in [-0.3, -0.25) is 14.4 Å². The Morgan fingerprint density at radius 3 is 2.47 bits per heavy atom. The van der Waals surface area contributed by atoms with Crippen LogP contribution < -0.4 is 4.90 Å². The highest BCUT2D eigenvalue weighted by Crippen LogP contribution is 2.53. The van der Waals surface area contributed by atoms with E-state index in [4.69, 9.17) is 21.4 Å². The summed E-state index contributed by atoms with van der Waals surface area (Å²) in [7, 11) is 0. The molecule has 4 heterocycles. The van der Waals surface area contributed by atoms with Crippen molar-refractivity contribution in [2.45, 2.75) is 56.8 Å². The van der Waals surface area contributed by atoms with E-state index in [1.165, 1.54) is 0 Å². The fourth-order valence-electron chi connectivity index (χ4n) is 6.50. The van der Waals surface area contributed by atoms with Crippen LogP contribution in [0.25, 0.3) is 0 Å². The van der Waals surface area contributed by atoms with Crippen LogP contribution in [0.3, 0.4) is 0 Å². The number of hydrogen-bond donors (Lipinski definition) is 1. The largest absolute Gasteiger partial charge is 0.396 e. The van der Waals surface area contributed by atoms with Gasteiger partial charge in [-0.25, -0.2) is 0 Å². The highest BCUT2D eigenvalue weighted by atomic mass is 35.5. The van der Waals surface area contributed by atoms with Crippen LogP contribution in [-0.4, -0.2) is 83.2 Å².